The van der Waals surface area contributed by atoms with Gasteiger partial charge in [0.1, 0.15) is 17.2 Å². The summed E-state index contributed by atoms with van der Waals surface area (Å²) in [7, 11) is 0. The van der Waals surface area contributed by atoms with Crippen molar-refractivity contribution >= 4 is 5.69 Å². The minimum absolute atomic E-state index is 0.123. The van der Waals surface area contributed by atoms with Crippen LogP contribution in [-0.4, -0.2) is 41.4 Å². The summed E-state index contributed by atoms with van der Waals surface area (Å²) in [6.07, 6.45) is 5.10. The molecule has 3 aromatic rings. The molecule has 2 N–H and O–H groups in total. The fourth-order valence-electron chi connectivity index (χ4n) is 5.63. The number of fused-ring (bicyclic) bond motifs is 1. The average molecular weight is 473 g/mol. The zero-order valence-electron chi connectivity index (χ0n) is 20.6. The lowest BCUT2D eigenvalue weighted by atomic mass is 9.91. The summed E-state index contributed by atoms with van der Waals surface area (Å²) < 4.78 is 6.02. The molecule has 5 nitrogen and oxygen atoms in total. The first-order valence-electron chi connectivity index (χ1n) is 12.9. The standard InChI is InChI=1S/C30H36N2O3/c1-22-28-20-26(34)12-15-29(28)32(30(22)24-8-10-25(33)11-9-24)21-23-6-13-27(14-7-23)35-19-5-18-31-16-3-2-4-17-31/h6-15,20,22,30,33-34H,2-5,16-19,21H2,1H3. The van der Waals surface area contributed by atoms with E-state index in [0.29, 0.717) is 5.75 Å². The van der Waals surface area contributed by atoms with Gasteiger partial charge in [0.15, 0.2) is 0 Å². The maximum absolute atomic E-state index is 10.1. The van der Waals surface area contributed by atoms with E-state index in [1.54, 1.807) is 18.2 Å². The van der Waals surface area contributed by atoms with Gasteiger partial charge in [-0.3, -0.25) is 0 Å². The second-order valence-corrected chi connectivity index (χ2v) is 9.94. The molecule has 0 bridgehead atoms. The Bertz CT molecular complexity index is 1110. The smallest absolute Gasteiger partial charge is 0.119 e. The van der Waals surface area contributed by atoms with Crippen molar-refractivity contribution in [3.63, 3.8) is 0 Å². The Balaban J connectivity index is 1.26. The number of anilines is 1. The number of nitrogens with zero attached hydrogens (tertiary/aromatic N) is 2. The maximum atomic E-state index is 10.1. The lowest BCUT2D eigenvalue weighted by molar-refractivity contribution is 0.205. The monoisotopic (exact) mass is 472 g/mol. The van der Waals surface area contributed by atoms with Crippen LogP contribution in [0.5, 0.6) is 17.2 Å². The molecule has 2 aliphatic heterocycles. The number of aromatic hydroxyl groups is 2. The van der Waals surface area contributed by atoms with Crippen molar-refractivity contribution in [2.75, 3.05) is 31.1 Å². The molecule has 0 spiro atoms. The first-order valence-corrected chi connectivity index (χ1v) is 12.9. The third kappa shape index (κ3) is 5.40. The van der Waals surface area contributed by atoms with Crippen LogP contribution >= 0.6 is 0 Å². The topological polar surface area (TPSA) is 56.2 Å². The Morgan fingerprint density at radius 3 is 2.31 bits per heavy atom. The summed E-state index contributed by atoms with van der Waals surface area (Å²) in [4.78, 5) is 4.95. The molecule has 5 rings (SSSR count). The predicted octanol–water partition coefficient (Wildman–Crippen LogP) is 6.22. The summed E-state index contributed by atoms with van der Waals surface area (Å²) in [5.41, 5.74) is 4.66. The normalized spacial score (nSPS) is 20.1. The average Bonchev–Trinajstić information content (AvgIpc) is 3.14. The summed E-state index contributed by atoms with van der Waals surface area (Å²) in [5.74, 6) is 1.70. The highest BCUT2D eigenvalue weighted by Gasteiger charge is 2.37. The van der Waals surface area contributed by atoms with E-state index in [-0.39, 0.29) is 17.7 Å². The van der Waals surface area contributed by atoms with E-state index < -0.39 is 0 Å². The van der Waals surface area contributed by atoms with Gasteiger partial charge in [-0.15, -0.1) is 0 Å². The summed E-state index contributed by atoms with van der Waals surface area (Å²) in [6.45, 7) is 7.30. The number of phenolic OH excluding ortho intramolecular Hbond substituents is 2. The van der Waals surface area contributed by atoms with Crippen LogP contribution in [0.25, 0.3) is 0 Å². The number of piperidine rings is 1. The Kier molecular flexibility index (Phi) is 7.14. The van der Waals surface area contributed by atoms with E-state index in [1.807, 2.05) is 24.3 Å². The second-order valence-electron chi connectivity index (χ2n) is 9.94. The van der Waals surface area contributed by atoms with Gasteiger partial charge in [-0.2, -0.15) is 0 Å². The molecule has 35 heavy (non-hydrogen) atoms. The largest absolute Gasteiger partial charge is 0.508 e. The minimum Gasteiger partial charge on any atom is -0.508 e. The number of rotatable bonds is 8. The molecule has 3 aromatic carbocycles. The van der Waals surface area contributed by atoms with Crippen molar-refractivity contribution in [3.05, 3.63) is 83.4 Å². The molecule has 2 atom stereocenters. The Morgan fingerprint density at radius 2 is 1.57 bits per heavy atom. The van der Waals surface area contributed by atoms with Crippen LogP contribution in [0.1, 0.15) is 61.3 Å². The van der Waals surface area contributed by atoms with Gasteiger partial charge in [-0.05, 0) is 91.5 Å². The second kappa shape index (κ2) is 10.6. The van der Waals surface area contributed by atoms with Gasteiger partial charge in [0.2, 0.25) is 0 Å². The van der Waals surface area contributed by atoms with Crippen molar-refractivity contribution in [3.8, 4) is 17.2 Å². The van der Waals surface area contributed by atoms with Crippen molar-refractivity contribution in [1.82, 2.24) is 4.90 Å². The van der Waals surface area contributed by atoms with E-state index >= 15 is 0 Å². The molecule has 0 amide bonds. The molecule has 0 aromatic heterocycles. The number of benzene rings is 3. The summed E-state index contributed by atoms with van der Waals surface area (Å²) in [5, 5.41) is 19.9. The van der Waals surface area contributed by atoms with Crippen molar-refractivity contribution < 1.29 is 14.9 Å². The van der Waals surface area contributed by atoms with Gasteiger partial charge >= 0.3 is 0 Å². The Morgan fingerprint density at radius 1 is 0.857 bits per heavy atom. The molecule has 184 valence electrons. The van der Waals surface area contributed by atoms with Crippen LogP contribution in [0.15, 0.2) is 66.7 Å². The van der Waals surface area contributed by atoms with Crippen molar-refractivity contribution in [2.45, 2.75) is 51.1 Å². The van der Waals surface area contributed by atoms with Gasteiger partial charge < -0.3 is 24.7 Å². The lowest BCUT2D eigenvalue weighted by Crippen LogP contribution is -2.31. The fourth-order valence-corrected chi connectivity index (χ4v) is 5.63. The van der Waals surface area contributed by atoms with E-state index in [2.05, 4.69) is 41.0 Å². The molecule has 0 radical (unpaired) electrons. The number of phenols is 2. The predicted molar refractivity (Wildman–Crippen MR) is 140 cm³/mol. The van der Waals surface area contributed by atoms with Crippen LogP contribution in [0.4, 0.5) is 5.69 Å². The molecule has 1 saturated heterocycles. The zero-order valence-corrected chi connectivity index (χ0v) is 20.6. The van der Waals surface area contributed by atoms with Gasteiger partial charge in [0.05, 0.1) is 12.6 Å². The molecular formula is C30H36N2O3. The van der Waals surface area contributed by atoms with Gasteiger partial charge in [-0.1, -0.05) is 37.6 Å². The molecule has 2 unspecified atom stereocenters. The van der Waals surface area contributed by atoms with Crippen LogP contribution in [0.3, 0.4) is 0 Å². The van der Waals surface area contributed by atoms with Crippen LogP contribution < -0.4 is 9.64 Å². The van der Waals surface area contributed by atoms with Crippen LogP contribution in [0.2, 0.25) is 0 Å². The highest BCUT2D eigenvalue weighted by molar-refractivity contribution is 5.65. The molecule has 2 heterocycles. The SMILES string of the molecule is CC1c2cc(O)ccc2N(Cc2ccc(OCCCN3CCCCC3)cc2)C1c1ccc(O)cc1. The molecule has 1 fully saturated rings. The highest BCUT2D eigenvalue weighted by atomic mass is 16.5. The molecule has 0 aliphatic carbocycles. The van der Waals surface area contributed by atoms with Crippen LogP contribution in [0, 0.1) is 0 Å². The van der Waals surface area contributed by atoms with Crippen molar-refractivity contribution in [2.24, 2.45) is 0 Å². The van der Waals surface area contributed by atoms with Crippen molar-refractivity contribution in [1.29, 1.82) is 0 Å². The Labute approximate surface area is 208 Å². The van der Waals surface area contributed by atoms with E-state index in [1.165, 1.54) is 37.9 Å². The fraction of sp³-hybridized carbons (Fsp3) is 0.400. The molecular weight excluding hydrogens is 436 g/mol. The van der Waals surface area contributed by atoms with E-state index in [9.17, 15) is 10.2 Å². The summed E-state index contributed by atoms with van der Waals surface area (Å²) >= 11 is 0. The third-order valence-corrected chi connectivity index (χ3v) is 7.47. The summed E-state index contributed by atoms with van der Waals surface area (Å²) in [6, 6.07) is 21.7. The number of hydrogen-bond acceptors (Lipinski definition) is 5. The number of ether oxygens (including phenoxy) is 1. The van der Waals surface area contributed by atoms with Gasteiger partial charge in [0.25, 0.3) is 0 Å². The van der Waals surface area contributed by atoms with E-state index in [4.69, 9.17) is 4.74 Å². The first-order chi connectivity index (χ1) is 17.1. The van der Waals surface area contributed by atoms with Gasteiger partial charge in [0, 0.05) is 24.7 Å². The lowest BCUT2D eigenvalue weighted by Gasteiger charge is -2.30. The quantitative estimate of drug-likeness (QED) is 0.381. The Hall–Kier alpha value is -3.18. The molecule has 0 saturated carbocycles. The van der Waals surface area contributed by atoms with E-state index in [0.717, 1.165) is 48.7 Å². The van der Waals surface area contributed by atoms with Crippen LogP contribution in [-0.2, 0) is 6.54 Å². The zero-order chi connectivity index (χ0) is 24.2. The molecule has 5 heteroatoms. The molecule has 2 aliphatic rings. The number of likely N-dealkylation sites (tertiary alicyclic amines) is 1. The first kappa shape index (κ1) is 23.6. The highest BCUT2D eigenvalue weighted by Crippen LogP contribution is 2.50. The third-order valence-electron chi connectivity index (χ3n) is 7.47. The number of hydrogen-bond donors (Lipinski definition) is 2. The maximum Gasteiger partial charge on any atom is 0.119 e. The minimum atomic E-state index is 0.123. The van der Waals surface area contributed by atoms with Gasteiger partial charge in [-0.25, -0.2) is 0 Å².